The Morgan fingerprint density at radius 1 is 1.26 bits per heavy atom. The van der Waals surface area contributed by atoms with Gasteiger partial charge in [0, 0.05) is 4.88 Å². The van der Waals surface area contributed by atoms with Crippen molar-refractivity contribution in [2.24, 2.45) is 5.92 Å². The predicted molar refractivity (Wildman–Crippen MR) is 77.5 cm³/mol. The summed E-state index contributed by atoms with van der Waals surface area (Å²) in [5.41, 5.74) is 2.38. The Morgan fingerprint density at radius 2 is 2.00 bits per heavy atom. The molecular weight excluding hydrogens is 256 g/mol. The largest absolute Gasteiger partial charge is 0.481 e. The standard InChI is InChI=1S/C16H16O2S/c17-16(18)10-14(11-3-4-11)12-5-7-13(8-6-12)15-2-1-9-19-15/h1-2,5-9,11,14H,3-4,10H2,(H,17,18). The highest BCUT2D eigenvalue weighted by atomic mass is 32.1. The number of carbonyl (C=O) groups is 1. The molecule has 1 aromatic carbocycles. The first-order chi connectivity index (χ1) is 9.24. The summed E-state index contributed by atoms with van der Waals surface area (Å²) in [7, 11) is 0. The number of benzene rings is 1. The summed E-state index contributed by atoms with van der Waals surface area (Å²) in [6.45, 7) is 0. The Hall–Kier alpha value is -1.61. The first-order valence-corrected chi connectivity index (χ1v) is 7.47. The molecule has 1 atom stereocenters. The fourth-order valence-corrected chi connectivity index (χ4v) is 3.31. The Kier molecular flexibility index (Phi) is 3.38. The Morgan fingerprint density at radius 3 is 2.53 bits per heavy atom. The molecular formula is C16H16O2S. The van der Waals surface area contributed by atoms with Gasteiger partial charge in [0.25, 0.3) is 0 Å². The number of carboxylic acid groups (broad SMARTS) is 1. The monoisotopic (exact) mass is 272 g/mol. The second-order valence-electron chi connectivity index (χ2n) is 5.14. The van der Waals surface area contributed by atoms with E-state index in [0.29, 0.717) is 5.92 Å². The van der Waals surface area contributed by atoms with Crippen molar-refractivity contribution in [2.45, 2.75) is 25.2 Å². The summed E-state index contributed by atoms with van der Waals surface area (Å²) in [5, 5.41) is 11.1. The summed E-state index contributed by atoms with van der Waals surface area (Å²) in [6, 6.07) is 12.6. The second kappa shape index (κ2) is 5.17. The molecule has 1 aliphatic rings. The van der Waals surface area contributed by atoms with Crippen molar-refractivity contribution in [3.63, 3.8) is 0 Å². The molecule has 0 bridgehead atoms. The number of hydrogen-bond donors (Lipinski definition) is 1. The first-order valence-electron chi connectivity index (χ1n) is 6.59. The van der Waals surface area contributed by atoms with Crippen molar-refractivity contribution in [1.82, 2.24) is 0 Å². The van der Waals surface area contributed by atoms with Gasteiger partial charge in [-0.05, 0) is 47.3 Å². The van der Waals surface area contributed by atoms with Crippen molar-refractivity contribution in [2.75, 3.05) is 0 Å². The van der Waals surface area contributed by atoms with Crippen LogP contribution in [0.25, 0.3) is 10.4 Å². The average Bonchev–Trinajstić information content (AvgIpc) is 3.10. The zero-order valence-corrected chi connectivity index (χ0v) is 11.4. The molecule has 1 unspecified atom stereocenters. The molecule has 98 valence electrons. The lowest BCUT2D eigenvalue weighted by molar-refractivity contribution is -0.137. The number of carboxylic acids is 1. The van der Waals surface area contributed by atoms with Crippen molar-refractivity contribution in [3.8, 4) is 10.4 Å². The number of thiophene rings is 1. The van der Waals surface area contributed by atoms with Gasteiger partial charge in [0.15, 0.2) is 0 Å². The van der Waals surface area contributed by atoms with Crippen LogP contribution in [-0.2, 0) is 4.79 Å². The molecule has 0 saturated heterocycles. The number of hydrogen-bond acceptors (Lipinski definition) is 2. The molecule has 0 spiro atoms. The maximum absolute atomic E-state index is 11.0. The van der Waals surface area contributed by atoms with Crippen LogP contribution in [0.5, 0.6) is 0 Å². The van der Waals surface area contributed by atoms with Gasteiger partial charge in [-0.1, -0.05) is 30.3 Å². The fourth-order valence-electron chi connectivity index (χ4n) is 2.58. The highest BCUT2D eigenvalue weighted by molar-refractivity contribution is 7.13. The van der Waals surface area contributed by atoms with Gasteiger partial charge in [-0.3, -0.25) is 4.79 Å². The molecule has 1 fully saturated rings. The van der Waals surface area contributed by atoms with Gasteiger partial charge in [0.2, 0.25) is 0 Å². The summed E-state index contributed by atoms with van der Waals surface area (Å²) in [6.07, 6.45) is 2.60. The molecule has 0 amide bonds. The normalized spacial score (nSPS) is 16.2. The summed E-state index contributed by atoms with van der Waals surface area (Å²) < 4.78 is 0. The van der Waals surface area contributed by atoms with E-state index in [-0.39, 0.29) is 12.3 Å². The zero-order valence-electron chi connectivity index (χ0n) is 10.6. The van der Waals surface area contributed by atoms with Crippen molar-refractivity contribution >= 4 is 17.3 Å². The molecule has 1 heterocycles. The molecule has 0 aliphatic heterocycles. The lowest BCUT2D eigenvalue weighted by Gasteiger charge is -2.14. The topological polar surface area (TPSA) is 37.3 Å². The zero-order chi connectivity index (χ0) is 13.2. The summed E-state index contributed by atoms with van der Waals surface area (Å²) in [4.78, 5) is 12.2. The van der Waals surface area contributed by atoms with Crippen LogP contribution in [0.15, 0.2) is 41.8 Å². The molecule has 3 rings (SSSR count). The van der Waals surface area contributed by atoms with E-state index in [4.69, 9.17) is 5.11 Å². The molecule has 1 aromatic heterocycles. The Bertz CT molecular complexity index is 553. The van der Waals surface area contributed by atoms with E-state index in [0.717, 1.165) is 0 Å². The lowest BCUT2D eigenvalue weighted by atomic mass is 9.90. The van der Waals surface area contributed by atoms with Crippen LogP contribution < -0.4 is 0 Å². The molecule has 1 saturated carbocycles. The first kappa shape index (κ1) is 12.4. The highest BCUT2D eigenvalue weighted by Gasteiger charge is 2.33. The average molecular weight is 272 g/mol. The minimum atomic E-state index is -0.695. The maximum Gasteiger partial charge on any atom is 0.303 e. The highest BCUT2D eigenvalue weighted by Crippen LogP contribution is 2.44. The Labute approximate surface area is 116 Å². The number of aliphatic carboxylic acids is 1. The minimum Gasteiger partial charge on any atom is -0.481 e. The smallest absolute Gasteiger partial charge is 0.303 e. The van der Waals surface area contributed by atoms with Crippen LogP contribution in [0.3, 0.4) is 0 Å². The Balaban J connectivity index is 1.82. The van der Waals surface area contributed by atoms with E-state index < -0.39 is 5.97 Å². The molecule has 2 aromatic rings. The molecule has 2 nitrogen and oxygen atoms in total. The third-order valence-electron chi connectivity index (χ3n) is 3.73. The van der Waals surface area contributed by atoms with Crippen molar-refractivity contribution in [1.29, 1.82) is 0 Å². The van der Waals surface area contributed by atoms with E-state index in [1.54, 1.807) is 11.3 Å². The van der Waals surface area contributed by atoms with E-state index in [2.05, 4.69) is 35.7 Å². The number of rotatable bonds is 5. The van der Waals surface area contributed by atoms with Crippen molar-refractivity contribution < 1.29 is 9.90 Å². The van der Waals surface area contributed by atoms with E-state index >= 15 is 0 Å². The lowest BCUT2D eigenvalue weighted by Crippen LogP contribution is -2.08. The van der Waals surface area contributed by atoms with Crippen LogP contribution in [0.4, 0.5) is 0 Å². The fraction of sp³-hybridized carbons (Fsp3) is 0.312. The van der Waals surface area contributed by atoms with Gasteiger partial charge in [-0.15, -0.1) is 11.3 Å². The van der Waals surface area contributed by atoms with Gasteiger partial charge < -0.3 is 5.11 Å². The summed E-state index contributed by atoms with van der Waals surface area (Å²) in [5.74, 6) is 0.0674. The molecule has 3 heteroatoms. The van der Waals surface area contributed by atoms with Gasteiger partial charge >= 0.3 is 5.97 Å². The van der Waals surface area contributed by atoms with Crippen LogP contribution in [0.2, 0.25) is 0 Å². The van der Waals surface area contributed by atoms with Gasteiger partial charge in [0.05, 0.1) is 6.42 Å². The van der Waals surface area contributed by atoms with Gasteiger partial charge in [0.1, 0.15) is 0 Å². The van der Waals surface area contributed by atoms with Crippen LogP contribution >= 0.6 is 11.3 Å². The third-order valence-corrected chi connectivity index (χ3v) is 4.65. The van der Waals surface area contributed by atoms with E-state index in [1.807, 2.05) is 6.07 Å². The summed E-state index contributed by atoms with van der Waals surface area (Å²) >= 11 is 1.73. The van der Waals surface area contributed by atoms with Gasteiger partial charge in [-0.2, -0.15) is 0 Å². The minimum absolute atomic E-state index is 0.190. The third kappa shape index (κ3) is 2.87. The van der Waals surface area contributed by atoms with Crippen molar-refractivity contribution in [3.05, 3.63) is 47.3 Å². The maximum atomic E-state index is 11.0. The molecule has 0 radical (unpaired) electrons. The van der Waals surface area contributed by atoms with Gasteiger partial charge in [-0.25, -0.2) is 0 Å². The molecule has 19 heavy (non-hydrogen) atoms. The second-order valence-corrected chi connectivity index (χ2v) is 6.09. The predicted octanol–water partition coefficient (Wildman–Crippen LogP) is 4.38. The van der Waals surface area contributed by atoms with E-state index in [9.17, 15) is 4.79 Å². The SMILES string of the molecule is O=C(O)CC(c1ccc(-c2cccs2)cc1)C1CC1. The molecule has 1 N–H and O–H groups in total. The van der Waals surface area contributed by atoms with Crippen LogP contribution in [0.1, 0.15) is 30.7 Å². The quantitative estimate of drug-likeness (QED) is 0.876. The van der Waals surface area contributed by atoms with E-state index in [1.165, 1.54) is 28.8 Å². The van der Waals surface area contributed by atoms with Crippen LogP contribution in [-0.4, -0.2) is 11.1 Å². The van der Waals surface area contributed by atoms with Crippen LogP contribution in [0, 0.1) is 5.92 Å². The molecule has 1 aliphatic carbocycles.